The summed E-state index contributed by atoms with van der Waals surface area (Å²) in [6, 6.07) is 24.6. The number of nitrogens with one attached hydrogen (secondary N) is 1. The molecule has 0 radical (unpaired) electrons. The van der Waals surface area contributed by atoms with Crippen molar-refractivity contribution in [2.75, 3.05) is 32.8 Å². The molecule has 4 heteroatoms. The van der Waals surface area contributed by atoms with Crippen LogP contribution < -0.4 is 10.1 Å². The molecule has 1 saturated heterocycles. The van der Waals surface area contributed by atoms with Gasteiger partial charge in [-0.25, -0.2) is 0 Å². The second-order valence-corrected chi connectivity index (χ2v) is 9.38. The van der Waals surface area contributed by atoms with E-state index in [0.717, 1.165) is 56.0 Å². The number of fused-ring (bicyclic) bond motifs is 3. The van der Waals surface area contributed by atoms with Crippen LogP contribution in [-0.2, 0) is 0 Å². The van der Waals surface area contributed by atoms with E-state index in [0.29, 0.717) is 23.9 Å². The number of hydrogen-bond acceptors (Lipinski definition) is 3. The van der Waals surface area contributed by atoms with Crippen molar-refractivity contribution in [2.24, 2.45) is 5.92 Å². The average Bonchev–Trinajstić information content (AvgIpc) is 3.28. The number of carbonyl (C=O) groups is 1. The molecule has 1 fully saturated rings. The average molecular weight is 441 g/mol. The SMILES string of the molecule is Cc1ccc2c(c1)[C@H]1CN(CCCCNC(=O)c3ccc(-c4ccccc4)cc3)C[C@@H]1CO2. The number of likely N-dealkylation sites (tertiary alicyclic amines) is 1. The maximum atomic E-state index is 12.5. The van der Waals surface area contributed by atoms with Gasteiger partial charge in [0.25, 0.3) is 5.91 Å². The van der Waals surface area contributed by atoms with Crippen molar-refractivity contribution in [3.63, 3.8) is 0 Å². The molecule has 3 aromatic rings. The maximum Gasteiger partial charge on any atom is 0.251 e. The van der Waals surface area contributed by atoms with Crippen molar-refractivity contribution in [2.45, 2.75) is 25.7 Å². The highest BCUT2D eigenvalue weighted by molar-refractivity contribution is 5.94. The van der Waals surface area contributed by atoms with Gasteiger partial charge >= 0.3 is 0 Å². The van der Waals surface area contributed by atoms with E-state index in [1.54, 1.807) is 0 Å². The second-order valence-electron chi connectivity index (χ2n) is 9.38. The molecule has 3 aromatic carbocycles. The van der Waals surface area contributed by atoms with Gasteiger partial charge in [0.15, 0.2) is 0 Å². The van der Waals surface area contributed by atoms with Crippen LogP contribution in [0.4, 0.5) is 0 Å². The van der Waals surface area contributed by atoms with E-state index < -0.39 is 0 Å². The summed E-state index contributed by atoms with van der Waals surface area (Å²) in [5.74, 6) is 2.26. The minimum absolute atomic E-state index is 0.00549. The third-order valence-corrected chi connectivity index (χ3v) is 6.98. The van der Waals surface area contributed by atoms with Gasteiger partial charge in [-0.1, -0.05) is 60.2 Å². The zero-order valence-corrected chi connectivity index (χ0v) is 19.3. The Morgan fingerprint density at radius 1 is 0.970 bits per heavy atom. The monoisotopic (exact) mass is 440 g/mol. The zero-order valence-electron chi connectivity index (χ0n) is 19.3. The van der Waals surface area contributed by atoms with Gasteiger partial charge in [0.2, 0.25) is 0 Å². The summed E-state index contributed by atoms with van der Waals surface area (Å²) in [7, 11) is 0. The first kappa shape index (κ1) is 21.7. The third kappa shape index (κ3) is 4.96. The Bertz CT molecular complexity index is 1090. The summed E-state index contributed by atoms with van der Waals surface area (Å²) < 4.78 is 6.01. The Morgan fingerprint density at radius 3 is 2.58 bits per heavy atom. The summed E-state index contributed by atoms with van der Waals surface area (Å²) in [4.78, 5) is 15.1. The van der Waals surface area contributed by atoms with Crippen molar-refractivity contribution < 1.29 is 9.53 Å². The lowest BCUT2D eigenvalue weighted by atomic mass is 9.86. The number of aryl methyl sites for hydroxylation is 1. The molecule has 2 aliphatic heterocycles. The summed E-state index contributed by atoms with van der Waals surface area (Å²) >= 11 is 0. The molecule has 5 rings (SSSR count). The first-order chi connectivity index (χ1) is 16.2. The number of amides is 1. The van der Waals surface area contributed by atoms with Crippen LogP contribution in [0.25, 0.3) is 11.1 Å². The van der Waals surface area contributed by atoms with Gasteiger partial charge in [-0.2, -0.15) is 0 Å². The summed E-state index contributed by atoms with van der Waals surface area (Å²) in [5, 5.41) is 3.08. The minimum atomic E-state index is 0.00549. The molecule has 0 bridgehead atoms. The number of benzene rings is 3. The lowest BCUT2D eigenvalue weighted by Gasteiger charge is -2.28. The number of ether oxygens (including phenoxy) is 1. The van der Waals surface area contributed by atoms with E-state index in [1.807, 2.05) is 42.5 Å². The van der Waals surface area contributed by atoms with Crippen LogP contribution in [0.3, 0.4) is 0 Å². The van der Waals surface area contributed by atoms with E-state index in [4.69, 9.17) is 4.74 Å². The normalized spacial score (nSPS) is 19.4. The number of rotatable bonds is 7. The second kappa shape index (κ2) is 9.80. The third-order valence-electron chi connectivity index (χ3n) is 6.98. The molecule has 170 valence electrons. The van der Waals surface area contributed by atoms with Crippen LogP contribution in [0, 0.1) is 12.8 Å². The molecule has 1 N–H and O–H groups in total. The fourth-order valence-corrected chi connectivity index (χ4v) is 5.16. The fourth-order valence-electron chi connectivity index (χ4n) is 5.16. The standard InChI is InChI=1S/C29H32N2O2/c1-21-9-14-28-26(17-21)27-19-31(18-25(27)20-33-28)16-6-5-15-30-29(32)24-12-10-23(11-13-24)22-7-3-2-4-8-22/h2-4,7-14,17,25,27H,5-6,15-16,18-20H2,1H3,(H,30,32)/t25-,27+/m1/s1. The molecule has 2 aliphatic rings. The molecule has 2 atom stereocenters. The number of hydrogen-bond donors (Lipinski definition) is 1. The van der Waals surface area contributed by atoms with Crippen molar-refractivity contribution in [3.8, 4) is 16.9 Å². The molecule has 0 spiro atoms. The van der Waals surface area contributed by atoms with Gasteiger partial charge in [0, 0.05) is 37.0 Å². The molecule has 0 aliphatic carbocycles. The molecule has 0 saturated carbocycles. The van der Waals surface area contributed by atoms with Crippen molar-refractivity contribution >= 4 is 5.91 Å². The largest absolute Gasteiger partial charge is 0.493 e. The maximum absolute atomic E-state index is 12.5. The highest BCUT2D eigenvalue weighted by Gasteiger charge is 2.38. The van der Waals surface area contributed by atoms with Gasteiger partial charge in [-0.05, 0) is 61.2 Å². The highest BCUT2D eigenvalue weighted by Crippen LogP contribution is 2.41. The molecular formula is C29H32N2O2. The number of unbranched alkanes of at least 4 members (excludes halogenated alkanes) is 1. The molecule has 1 amide bonds. The molecule has 33 heavy (non-hydrogen) atoms. The first-order valence-corrected chi connectivity index (χ1v) is 12.1. The van der Waals surface area contributed by atoms with Crippen LogP contribution in [0.5, 0.6) is 5.75 Å². The predicted octanol–water partition coefficient (Wildman–Crippen LogP) is 5.28. The summed E-state index contributed by atoms with van der Waals surface area (Å²) in [6.07, 6.45) is 2.08. The molecule has 4 nitrogen and oxygen atoms in total. The predicted molar refractivity (Wildman–Crippen MR) is 133 cm³/mol. The van der Waals surface area contributed by atoms with Crippen LogP contribution in [0.1, 0.15) is 40.2 Å². The highest BCUT2D eigenvalue weighted by atomic mass is 16.5. The zero-order chi connectivity index (χ0) is 22.6. The van der Waals surface area contributed by atoms with Gasteiger partial charge in [0.1, 0.15) is 5.75 Å². The van der Waals surface area contributed by atoms with Crippen LogP contribution in [-0.4, -0.2) is 43.6 Å². The lowest BCUT2D eigenvalue weighted by molar-refractivity contribution is 0.0952. The van der Waals surface area contributed by atoms with Crippen LogP contribution in [0.2, 0.25) is 0 Å². The van der Waals surface area contributed by atoms with E-state index in [1.165, 1.54) is 11.1 Å². The lowest BCUT2D eigenvalue weighted by Crippen LogP contribution is -2.27. The van der Waals surface area contributed by atoms with Crippen LogP contribution in [0.15, 0.2) is 72.8 Å². The van der Waals surface area contributed by atoms with Crippen LogP contribution >= 0.6 is 0 Å². The van der Waals surface area contributed by atoms with Gasteiger partial charge in [0.05, 0.1) is 6.61 Å². The van der Waals surface area contributed by atoms with Crippen molar-refractivity contribution in [1.29, 1.82) is 0 Å². The number of carbonyl (C=O) groups excluding carboxylic acids is 1. The Hall–Kier alpha value is -3.11. The number of nitrogens with zero attached hydrogens (tertiary/aromatic N) is 1. The van der Waals surface area contributed by atoms with Gasteiger partial charge in [-0.15, -0.1) is 0 Å². The van der Waals surface area contributed by atoms with E-state index in [-0.39, 0.29) is 5.91 Å². The molecule has 2 heterocycles. The topological polar surface area (TPSA) is 41.6 Å². The smallest absolute Gasteiger partial charge is 0.251 e. The van der Waals surface area contributed by atoms with Gasteiger partial charge in [-0.3, -0.25) is 4.79 Å². The van der Waals surface area contributed by atoms with Gasteiger partial charge < -0.3 is 15.0 Å². The van der Waals surface area contributed by atoms with E-state index in [2.05, 4.69) is 47.5 Å². The fraction of sp³-hybridized carbons (Fsp3) is 0.345. The Balaban J connectivity index is 1.05. The summed E-state index contributed by atoms with van der Waals surface area (Å²) in [5.41, 5.74) is 5.70. The first-order valence-electron chi connectivity index (χ1n) is 12.1. The molecule has 0 unspecified atom stereocenters. The minimum Gasteiger partial charge on any atom is -0.493 e. The summed E-state index contributed by atoms with van der Waals surface area (Å²) in [6.45, 7) is 7.00. The molecular weight excluding hydrogens is 408 g/mol. The Labute approximate surface area is 196 Å². The van der Waals surface area contributed by atoms with E-state index in [9.17, 15) is 4.79 Å². The molecule has 0 aromatic heterocycles. The Morgan fingerprint density at radius 2 is 1.76 bits per heavy atom. The van der Waals surface area contributed by atoms with E-state index >= 15 is 0 Å². The van der Waals surface area contributed by atoms with Crippen molar-refractivity contribution in [1.82, 2.24) is 10.2 Å². The van der Waals surface area contributed by atoms with Crippen molar-refractivity contribution in [3.05, 3.63) is 89.5 Å². The quantitative estimate of drug-likeness (QED) is 0.508. The Kier molecular flexibility index (Phi) is 6.45.